The van der Waals surface area contributed by atoms with E-state index in [9.17, 15) is 0 Å². The molecule has 0 N–H and O–H groups in total. The van der Waals surface area contributed by atoms with Gasteiger partial charge in [0.1, 0.15) is 24.3 Å². The number of hydrogen-bond acceptors (Lipinski definition) is 5. The van der Waals surface area contributed by atoms with Crippen LogP contribution in [0, 0.1) is 0 Å². The Hall–Kier alpha value is -2.11. The zero-order chi connectivity index (χ0) is 15.2. The van der Waals surface area contributed by atoms with Crippen molar-refractivity contribution in [3.8, 4) is 16.5 Å². The minimum atomic E-state index is 0.395. The van der Waals surface area contributed by atoms with Crippen LogP contribution in [0.4, 0.5) is 0 Å². The minimum absolute atomic E-state index is 0.395. The first kappa shape index (κ1) is 14.8. The lowest BCUT2D eigenvalue weighted by molar-refractivity contribution is 0.202. The third-order valence-corrected chi connectivity index (χ3v) is 4.05. The van der Waals surface area contributed by atoms with Crippen LogP contribution in [-0.2, 0) is 17.8 Å². The number of benzene rings is 1. The number of nitrogens with zero attached hydrogens (tertiary/aromatic N) is 1. The monoisotopic (exact) mass is 315 g/mol. The highest BCUT2D eigenvalue weighted by atomic mass is 32.1. The second-order valence-corrected chi connectivity index (χ2v) is 5.74. The Morgan fingerprint density at radius 1 is 1.18 bits per heavy atom. The molecule has 2 heterocycles. The predicted octanol–water partition coefficient (Wildman–Crippen LogP) is 4.17. The number of ether oxygens (including phenoxy) is 2. The van der Waals surface area contributed by atoms with Crippen LogP contribution in [0.3, 0.4) is 0 Å². The third-order valence-electron chi connectivity index (χ3n) is 3.19. The van der Waals surface area contributed by atoms with Crippen LogP contribution in [0.2, 0.25) is 0 Å². The van der Waals surface area contributed by atoms with Gasteiger partial charge in [0.15, 0.2) is 0 Å². The van der Waals surface area contributed by atoms with Crippen LogP contribution in [-0.4, -0.2) is 18.7 Å². The molecular formula is C17H17NO3S. The fourth-order valence-corrected chi connectivity index (χ4v) is 2.67. The molecule has 0 spiro atoms. The summed E-state index contributed by atoms with van der Waals surface area (Å²) in [5.41, 5.74) is 2.02. The normalized spacial score (nSPS) is 10.8. The molecule has 0 aliphatic heterocycles. The summed E-state index contributed by atoms with van der Waals surface area (Å²) >= 11 is 1.60. The van der Waals surface area contributed by atoms with Gasteiger partial charge in [-0.3, -0.25) is 0 Å². The van der Waals surface area contributed by atoms with Crippen molar-refractivity contribution in [1.82, 2.24) is 4.98 Å². The molecule has 0 aliphatic rings. The molecule has 3 aromatic rings. The second kappa shape index (κ2) is 7.24. The van der Waals surface area contributed by atoms with E-state index >= 15 is 0 Å². The second-order valence-electron chi connectivity index (χ2n) is 4.80. The molecule has 0 amide bonds. The topological polar surface area (TPSA) is 44.5 Å². The first-order chi connectivity index (χ1) is 10.8. The van der Waals surface area contributed by atoms with Gasteiger partial charge in [-0.1, -0.05) is 18.2 Å². The molecule has 3 rings (SSSR count). The van der Waals surface area contributed by atoms with E-state index in [2.05, 4.69) is 4.98 Å². The zero-order valence-electron chi connectivity index (χ0n) is 12.3. The van der Waals surface area contributed by atoms with Crippen molar-refractivity contribution >= 4 is 11.3 Å². The minimum Gasteiger partial charge on any atom is -0.487 e. The lowest BCUT2D eigenvalue weighted by Crippen LogP contribution is -1.97. The highest BCUT2D eigenvalue weighted by molar-refractivity contribution is 7.13. The van der Waals surface area contributed by atoms with Gasteiger partial charge in [-0.05, 0) is 35.6 Å². The summed E-state index contributed by atoms with van der Waals surface area (Å²) in [6, 6.07) is 12.0. The Kier molecular flexibility index (Phi) is 4.88. The Balaban J connectivity index is 1.56. The van der Waals surface area contributed by atoms with Crippen LogP contribution in [0.25, 0.3) is 10.8 Å². The summed E-state index contributed by atoms with van der Waals surface area (Å²) in [6.45, 7) is 1.12. The van der Waals surface area contributed by atoms with Crippen LogP contribution >= 0.6 is 11.3 Å². The van der Waals surface area contributed by atoms with E-state index in [4.69, 9.17) is 13.9 Å². The first-order valence-electron chi connectivity index (χ1n) is 7.04. The van der Waals surface area contributed by atoms with Gasteiger partial charge >= 0.3 is 0 Å². The molecule has 5 heteroatoms. The molecule has 0 unspecified atom stereocenters. The van der Waals surface area contributed by atoms with E-state index < -0.39 is 0 Å². The molecule has 1 aromatic carbocycles. The number of oxazole rings is 1. The maximum atomic E-state index is 5.73. The maximum absolute atomic E-state index is 5.73. The number of methoxy groups -OCH3 is 1. The fraction of sp³-hybridized carbons (Fsp3) is 0.235. The van der Waals surface area contributed by atoms with Crippen LogP contribution in [0.5, 0.6) is 5.75 Å². The van der Waals surface area contributed by atoms with E-state index in [-0.39, 0.29) is 0 Å². The molecular weight excluding hydrogens is 298 g/mol. The van der Waals surface area contributed by atoms with Crippen molar-refractivity contribution in [3.05, 3.63) is 59.3 Å². The van der Waals surface area contributed by atoms with Gasteiger partial charge in [-0.2, -0.15) is 0 Å². The SMILES string of the molecule is COCCc1ccc(OCc2coc(-c3cccs3)n2)cc1. The quantitative estimate of drug-likeness (QED) is 0.656. The number of rotatable bonds is 7. The lowest BCUT2D eigenvalue weighted by Gasteiger charge is -2.05. The van der Waals surface area contributed by atoms with Gasteiger partial charge in [0.25, 0.3) is 0 Å². The van der Waals surface area contributed by atoms with Crippen LogP contribution in [0.15, 0.2) is 52.5 Å². The van der Waals surface area contributed by atoms with Gasteiger partial charge in [0.05, 0.1) is 11.5 Å². The van der Waals surface area contributed by atoms with Crippen LogP contribution < -0.4 is 4.74 Å². The highest BCUT2D eigenvalue weighted by Crippen LogP contribution is 2.24. The smallest absolute Gasteiger partial charge is 0.236 e. The molecule has 114 valence electrons. The van der Waals surface area contributed by atoms with Gasteiger partial charge in [0.2, 0.25) is 5.89 Å². The van der Waals surface area contributed by atoms with E-state index in [1.807, 2.05) is 41.8 Å². The zero-order valence-corrected chi connectivity index (χ0v) is 13.1. The van der Waals surface area contributed by atoms with Crippen molar-refractivity contribution in [1.29, 1.82) is 0 Å². The third kappa shape index (κ3) is 3.75. The molecule has 0 saturated carbocycles. The molecule has 22 heavy (non-hydrogen) atoms. The molecule has 0 saturated heterocycles. The molecule has 0 atom stereocenters. The lowest BCUT2D eigenvalue weighted by atomic mass is 10.1. The summed E-state index contributed by atoms with van der Waals surface area (Å²) in [5.74, 6) is 1.46. The molecule has 2 aromatic heterocycles. The highest BCUT2D eigenvalue weighted by Gasteiger charge is 2.08. The van der Waals surface area contributed by atoms with Crippen molar-refractivity contribution in [2.45, 2.75) is 13.0 Å². The van der Waals surface area contributed by atoms with Crippen molar-refractivity contribution in [2.75, 3.05) is 13.7 Å². The average Bonchev–Trinajstić information content (AvgIpc) is 3.23. The van der Waals surface area contributed by atoms with E-state index in [0.717, 1.165) is 29.3 Å². The molecule has 0 bridgehead atoms. The molecule has 0 aliphatic carbocycles. The van der Waals surface area contributed by atoms with Gasteiger partial charge in [-0.25, -0.2) is 4.98 Å². The van der Waals surface area contributed by atoms with Crippen molar-refractivity contribution < 1.29 is 13.9 Å². The Bertz CT molecular complexity index is 689. The summed E-state index contributed by atoms with van der Waals surface area (Å²) in [6.07, 6.45) is 2.55. The van der Waals surface area contributed by atoms with E-state index in [1.54, 1.807) is 24.7 Å². The Labute approximate surface area is 133 Å². The molecule has 0 radical (unpaired) electrons. The summed E-state index contributed by atoms with van der Waals surface area (Å²) < 4.78 is 16.3. The maximum Gasteiger partial charge on any atom is 0.236 e. The van der Waals surface area contributed by atoms with Gasteiger partial charge in [0, 0.05) is 7.11 Å². The first-order valence-corrected chi connectivity index (χ1v) is 7.92. The van der Waals surface area contributed by atoms with Gasteiger partial charge < -0.3 is 13.9 Å². The Morgan fingerprint density at radius 3 is 2.77 bits per heavy atom. The number of thiophene rings is 1. The Morgan fingerprint density at radius 2 is 2.05 bits per heavy atom. The largest absolute Gasteiger partial charge is 0.487 e. The fourth-order valence-electron chi connectivity index (χ4n) is 2.02. The van der Waals surface area contributed by atoms with E-state index in [0.29, 0.717) is 12.5 Å². The van der Waals surface area contributed by atoms with Crippen molar-refractivity contribution in [2.24, 2.45) is 0 Å². The molecule has 4 nitrogen and oxygen atoms in total. The van der Waals surface area contributed by atoms with Gasteiger partial charge in [-0.15, -0.1) is 11.3 Å². The standard InChI is InChI=1S/C17H17NO3S/c1-19-9-8-13-4-6-15(7-5-13)20-11-14-12-21-17(18-14)16-3-2-10-22-16/h2-7,10,12H,8-9,11H2,1H3. The number of hydrogen-bond donors (Lipinski definition) is 0. The van der Waals surface area contributed by atoms with Crippen LogP contribution in [0.1, 0.15) is 11.3 Å². The van der Waals surface area contributed by atoms with Crippen molar-refractivity contribution in [3.63, 3.8) is 0 Å². The van der Waals surface area contributed by atoms with E-state index in [1.165, 1.54) is 5.56 Å². The predicted molar refractivity (Wildman–Crippen MR) is 86.2 cm³/mol. The summed E-state index contributed by atoms with van der Waals surface area (Å²) in [4.78, 5) is 5.45. The molecule has 0 fully saturated rings. The summed E-state index contributed by atoms with van der Waals surface area (Å²) in [7, 11) is 1.71. The average molecular weight is 315 g/mol. The summed E-state index contributed by atoms with van der Waals surface area (Å²) in [5, 5.41) is 2.00. The number of aromatic nitrogens is 1.